The molecule has 4 N–H and O–H groups in total. The van der Waals surface area contributed by atoms with E-state index in [1.165, 1.54) is 13.8 Å². The van der Waals surface area contributed by atoms with Gasteiger partial charge in [0, 0.05) is 0 Å². The molecule has 0 aliphatic carbocycles. The lowest BCUT2D eigenvalue weighted by Crippen LogP contribution is -2.59. The van der Waals surface area contributed by atoms with Gasteiger partial charge in [0.05, 0.1) is 25.4 Å². The van der Waals surface area contributed by atoms with Crippen molar-refractivity contribution >= 4 is 7.82 Å². The van der Waals surface area contributed by atoms with Gasteiger partial charge >= 0.3 is 7.82 Å². The summed E-state index contributed by atoms with van der Waals surface area (Å²) in [5, 5.41) is 19.0. The van der Waals surface area contributed by atoms with Crippen LogP contribution in [0.2, 0.25) is 0 Å². The standard InChI is InChI=1S/C9H22NO6P/c1-5-14-17(13,15-6-2)16-9(10,7(3)11)8(4)12/h7-8,11-12H,5-6,10H2,1-4H3. The Hall–Kier alpha value is -0.0100. The van der Waals surface area contributed by atoms with Crippen molar-refractivity contribution in [2.24, 2.45) is 5.73 Å². The lowest BCUT2D eigenvalue weighted by Gasteiger charge is -2.36. The summed E-state index contributed by atoms with van der Waals surface area (Å²) in [6, 6.07) is 0. The molecule has 7 nitrogen and oxygen atoms in total. The lowest BCUT2D eigenvalue weighted by atomic mass is 10.0. The van der Waals surface area contributed by atoms with Crippen LogP contribution < -0.4 is 5.73 Å². The molecule has 0 fully saturated rings. The highest BCUT2D eigenvalue weighted by Gasteiger charge is 2.45. The van der Waals surface area contributed by atoms with E-state index in [1.807, 2.05) is 0 Å². The molecule has 0 aliphatic rings. The van der Waals surface area contributed by atoms with Crippen molar-refractivity contribution in [2.45, 2.75) is 45.6 Å². The first kappa shape index (κ1) is 17.0. The molecule has 0 radical (unpaired) electrons. The number of rotatable bonds is 8. The summed E-state index contributed by atoms with van der Waals surface area (Å²) in [6.07, 6.45) is -2.51. The highest BCUT2D eigenvalue weighted by molar-refractivity contribution is 7.48. The number of nitrogens with two attached hydrogens (primary N) is 1. The van der Waals surface area contributed by atoms with Crippen LogP contribution in [0.1, 0.15) is 27.7 Å². The molecular weight excluding hydrogens is 249 g/mol. The summed E-state index contributed by atoms with van der Waals surface area (Å²) < 4.78 is 26.8. The minimum Gasteiger partial charge on any atom is -0.389 e. The predicted molar refractivity (Wildman–Crippen MR) is 62.2 cm³/mol. The van der Waals surface area contributed by atoms with Crippen molar-refractivity contribution in [3.05, 3.63) is 0 Å². The fraction of sp³-hybridized carbons (Fsp3) is 1.00. The Morgan fingerprint density at radius 3 is 1.76 bits per heavy atom. The van der Waals surface area contributed by atoms with Crippen LogP contribution in [0, 0.1) is 0 Å². The molecule has 17 heavy (non-hydrogen) atoms. The molecule has 0 saturated heterocycles. The van der Waals surface area contributed by atoms with Gasteiger partial charge in [-0.15, -0.1) is 0 Å². The molecule has 0 heterocycles. The summed E-state index contributed by atoms with van der Waals surface area (Å²) in [5.41, 5.74) is 3.76. The number of aliphatic hydroxyl groups excluding tert-OH is 2. The van der Waals surface area contributed by atoms with Crippen LogP contribution in [0.4, 0.5) is 0 Å². The van der Waals surface area contributed by atoms with Gasteiger partial charge < -0.3 is 10.2 Å². The summed E-state index contributed by atoms with van der Waals surface area (Å²) in [5.74, 6) is 0. The van der Waals surface area contributed by atoms with Crippen LogP contribution in [0.5, 0.6) is 0 Å². The molecule has 0 aromatic heterocycles. The first-order chi connectivity index (χ1) is 7.72. The molecule has 0 amide bonds. The van der Waals surface area contributed by atoms with Gasteiger partial charge in [-0.1, -0.05) is 0 Å². The maximum atomic E-state index is 12.1. The third-order valence-electron chi connectivity index (χ3n) is 2.15. The minimum atomic E-state index is -3.89. The maximum absolute atomic E-state index is 12.1. The van der Waals surface area contributed by atoms with Crippen LogP contribution in [0.15, 0.2) is 0 Å². The Bertz CT molecular complexity index is 252. The van der Waals surface area contributed by atoms with Gasteiger partial charge in [-0.05, 0) is 27.7 Å². The van der Waals surface area contributed by atoms with Crippen molar-refractivity contribution in [3.63, 3.8) is 0 Å². The molecule has 104 valence electrons. The SMILES string of the molecule is CCOP(=O)(OCC)OC(N)(C(C)O)C(C)O. The van der Waals surface area contributed by atoms with Crippen LogP contribution in [0.3, 0.4) is 0 Å². The molecule has 0 spiro atoms. The van der Waals surface area contributed by atoms with Crippen molar-refractivity contribution in [2.75, 3.05) is 13.2 Å². The number of phosphoric ester groups is 1. The number of hydrogen-bond acceptors (Lipinski definition) is 7. The fourth-order valence-corrected chi connectivity index (χ4v) is 2.61. The minimum absolute atomic E-state index is 0.0903. The van der Waals surface area contributed by atoms with Crippen molar-refractivity contribution < 1.29 is 28.3 Å². The third kappa shape index (κ3) is 4.63. The van der Waals surface area contributed by atoms with Crippen LogP contribution in [-0.4, -0.2) is 41.4 Å². The fourth-order valence-electron chi connectivity index (χ4n) is 1.10. The first-order valence-electron chi connectivity index (χ1n) is 5.46. The molecule has 0 rings (SSSR count). The van der Waals surface area contributed by atoms with E-state index >= 15 is 0 Å². The zero-order valence-corrected chi connectivity index (χ0v) is 11.5. The van der Waals surface area contributed by atoms with E-state index in [9.17, 15) is 14.8 Å². The Balaban J connectivity index is 5.00. The van der Waals surface area contributed by atoms with Gasteiger partial charge in [-0.25, -0.2) is 4.57 Å². The largest absolute Gasteiger partial charge is 0.476 e. The summed E-state index contributed by atoms with van der Waals surface area (Å²) in [6.45, 7) is 6.03. The van der Waals surface area contributed by atoms with E-state index in [0.717, 1.165) is 0 Å². The van der Waals surface area contributed by atoms with Gasteiger partial charge in [0.2, 0.25) is 0 Å². The number of hydrogen-bond donors (Lipinski definition) is 3. The molecule has 0 aromatic rings. The zero-order valence-electron chi connectivity index (χ0n) is 10.6. The summed E-state index contributed by atoms with van der Waals surface area (Å²) >= 11 is 0. The smallest absolute Gasteiger partial charge is 0.389 e. The van der Waals surface area contributed by atoms with Crippen molar-refractivity contribution in [3.8, 4) is 0 Å². The maximum Gasteiger partial charge on any atom is 0.476 e. The zero-order chi connectivity index (χ0) is 13.7. The van der Waals surface area contributed by atoms with Crippen LogP contribution in [-0.2, 0) is 18.1 Å². The monoisotopic (exact) mass is 271 g/mol. The number of phosphoric acid groups is 1. The second-order valence-corrected chi connectivity index (χ2v) is 5.17. The summed E-state index contributed by atoms with van der Waals surface area (Å²) in [7, 11) is -3.89. The van der Waals surface area contributed by atoms with E-state index in [4.69, 9.17) is 19.3 Å². The van der Waals surface area contributed by atoms with Gasteiger partial charge in [0.15, 0.2) is 5.72 Å². The van der Waals surface area contributed by atoms with Crippen molar-refractivity contribution in [1.82, 2.24) is 0 Å². The molecule has 0 aromatic carbocycles. The first-order valence-corrected chi connectivity index (χ1v) is 6.92. The average molecular weight is 271 g/mol. The molecule has 8 heteroatoms. The van der Waals surface area contributed by atoms with Gasteiger partial charge in [-0.2, -0.15) is 0 Å². The molecular formula is C9H22NO6P. The lowest BCUT2D eigenvalue weighted by molar-refractivity contribution is -0.127. The molecule has 0 saturated carbocycles. The van der Waals surface area contributed by atoms with Gasteiger partial charge in [0.25, 0.3) is 0 Å². The van der Waals surface area contributed by atoms with E-state index in [2.05, 4.69) is 0 Å². The predicted octanol–water partition coefficient (Wildman–Crippen LogP) is 0.601. The Morgan fingerprint density at radius 1 is 1.18 bits per heavy atom. The van der Waals surface area contributed by atoms with E-state index in [0.29, 0.717) is 0 Å². The quantitative estimate of drug-likeness (QED) is 0.438. The Morgan fingerprint density at radius 2 is 1.53 bits per heavy atom. The van der Waals surface area contributed by atoms with Gasteiger partial charge in [0.1, 0.15) is 0 Å². The highest BCUT2D eigenvalue weighted by atomic mass is 31.2. The van der Waals surface area contributed by atoms with Crippen LogP contribution >= 0.6 is 7.82 Å². The van der Waals surface area contributed by atoms with E-state index in [1.54, 1.807) is 13.8 Å². The van der Waals surface area contributed by atoms with E-state index in [-0.39, 0.29) is 13.2 Å². The normalized spacial score (nSPS) is 19.7. The van der Waals surface area contributed by atoms with Crippen LogP contribution in [0.25, 0.3) is 0 Å². The van der Waals surface area contributed by atoms with Gasteiger partial charge in [-0.3, -0.25) is 19.3 Å². The second kappa shape index (κ2) is 6.80. The third-order valence-corrected chi connectivity index (χ3v) is 3.84. The molecule has 0 bridgehead atoms. The second-order valence-electron chi connectivity index (χ2n) is 3.58. The average Bonchev–Trinajstić information content (AvgIpc) is 2.17. The number of aliphatic hydroxyl groups is 2. The highest BCUT2D eigenvalue weighted by Crippen LogP contribution is 2.52. The van der Waals surface area contributed by atoms with Crippen molar-refractivity contribution in [1.29, 1.82) is 0 Å². The van der Waals surface area contributed by atoms with E-state index < -0.39 is 25.8 Å². The molecule has 0 aliphatic heterocycles. The Labute approximate surface area is 101 Å². The molecule has 2 atom stereocenters. The topological polar surface area (TPSA) is 111 Å². The molecule has 2 unspecified atom stereocenters. The summed E-state index contributed by atoms with van der Waals surface area (Å²) in [4.78, 5) is 0. The Kier molecular flexibility index (Phi) is 6.79.